The van der Waals surface area contributed by atoms with E-state index in [1.165, 1.54) is 0 Å². The predicted octanol–water partition coefficient (Wildman–Crippen LogP) is 3.90. The number of imidazole rings is 1. The number of thioether (sulfide) groups is 1. The first-order chi connectivity index (χ1) is 11.0. The van der Waals surface area contributed by atoms with Gasteiger partial charge in [-0.25, -0.2) is 9.97 Å². The van der Waals surface area contributed by atoms with Crippen molar-refractivity contribution in [3.05, 3.63) is 46.6 Å². The number of hydrogen-bond donors (Lipinski definition) is 1. The number of hydrogen-bond acceptors (Lipinski definition) is 4. The second-order valence-corrected chi connectivity index (χ2v) is 6.28. The normalized spacial score (nSPS) is 11.0. The summed E-state index contributed by atoms with van der Waals surface area (Å²) in [5.41, 5.74) is 2.85. The SMILES string of the molecule is CSc1nc2cc(C(=O)Nc3cccc(C)n3)c(Cl)cc2n1C. The standard InChI is InChI=1S/C16H15ClN4OS/c1-9-5-4-6-14(18-9)20-15(22)10-7-12-13(8-11(10)17)21(2)16(19-12)23-3/h4-8H,1-3H3,(H,18,20,22). The van der Waals surface area contributed by atoms with E-state index in [9.17, 15) is 4.79 Å². The molecular weight excluding hydrogens is 332 g/mol. The molecule has 0 aliphatic carbocycles. The molecule has 2 heterocycles. The van der Waals surface area contributed by atoms with Crippen LogP contribution in [0.15, 0.2) is 35.5 Å². The Morgan fingerprint density at radius 2 is 2.09 bits per heavy atom. The van der Waals surface area contributed by atoms with Crippen LogP contribution in [0.5, 0.6) is 0 Å². The molecule has 7 heteroatoms. The van der Waals surface area contributed by atoms with Gasteiger partial charge in [-0.3, -0.25) is 4.79 Å². The number of amides is 1. The Morgan fingerprint density at radius 1 is 1.30 bits per heavy atom. The number of rotatable bonds is 3. The molecule has 0 bridgehead atoms. The summed E-state index contributed by atoms with van der Waals surface area (Å²) >= 11 is 7.83. The van der Waals surface area contributed by atoms with E-state index in [1.807, 2.05) is 36.9 Å². The van der Waals surface area contributed by atoms with Crippen molar-refractivity contribution < 1.29 is 4.79 Å². The molecule has 1 amide bonds. The molecule has 0 spiro atoms. The summed E-state index contributed by atoms with van der Waals surface area (Å²) in [6, 6.07) is 8.92. The van der Waals surface area contributed by atoms with Gasteiger partial charge in [0.1, 0.15) is 5.82 Å². The van der Waals surface area contributed by atoms with Gasteiger partial charge in [0.05, 0.1) is 21.6 Å². The molecule has 0 fully saturated rings. The van der Waals surface area contributed by atoms with Crippen LogP contribution >= 0.6 is 23.4 Å². The van der Waals surface area contributed by atoms with Crippen molar-refractivity contribution in [2.45, 2.75) is 12.1 Å². The minimum absolute atomic E-state index is 0.300. The fourth-order valence-corrected chi connectivity index (χ4v) is 3.15. The average molecular weight is 347 g/mol. The number of pyridine rings is 1. The van der Waals surface area contributed by atoms with Gasteiger partial charge in [0, 0.05) is 12.7 Å². The summed E-state index contributed by atoms with van der Waals surface area (Å²) in [4.78, 5) is 21.2. The van der Waals surface area contributed by atoms with E-state index in [1.54, 1.807) is 30.0 Å². The summed E-state index contributed by atoms with van der Waals surface area (Å²) in [6.45, 7) is 1.87. The van der Waals surface area contributed by atoms with Crippen molar-refractivity contribution in [1.82, 2.24) is 14.5 Å². The minimum atomic E-state index is -0.300. The topological polar surface area (TPSA) is 59.8 Å². The van der Waals surface area contributed by atoms with Crippen LogP contribution < -0.4 is 5.32 Å². The first-order valence-electron chi connectivity index (χ1n) is 6.94. The van der Waals surface area contributed by atoms with Crippen LogP contribution in [0.4, 0.5) is 5.82 Å². The van der Waals surface area contributed by atoms with E-state index in [0.29, 0.717) is 16.4 Å². The van der Waals surface area contributed by atoms with Gasteiger partial charge < -0.3 is 9.88 Å². The van der Waals surface area contributed by atoms with E-state index in [0.717, 1.165) is 21.9 Å². The van der Waals surface area contributed by atoms with Crippen molar-refractivity contribution in [2.24, 2.45) is 7.05 Å². The van der Waals surface area contributed by atoms with Gasteiger partial charge in [-0.2, -0.15) is 0 Å². The van der Waals surface area contributed by atoms with E-state index >= 15 is 0 Å². The van der Waals surface area contributed by atoms with E-state index in [2.05, 4.69) is 15.3 Å². The number of fused-ring (bicyclic) bond motifs is 1. The van der Waals surface area contributed by atoms with Crippen molar-refractivity contribution in [3.8, 4) is 0 Å². The highest BCUT2D eigenvalue weighted by molar-refractivity contribution is 7.98. The molecule has 3 rings (SSSR count). The van der Waals surface area contributed by atoms with Crippen molar-refractivity contribution in [1.29, 1.82) is 0 Å². The average Bonchev–Trinajstić information content (AvgIpc) is 2.82. The quantitative estimate of drug-likeness (QED) is 0.730. The van der Waals surface area contributed by atoms with Gasteiger partial charge in [-0.1, -0.05) is 29.4 Å². The third kappa shape index (κ3) is 3.04. The van der Waals surface area contributed by atoms with Gasteiger partial charge in [-0.05, 0) is 37.4 Å². The van der Waals surface area contributed by atoms with Crippen molar-refractivity contribution in [3.63, 3.8) is 0 Å². The first kappa shape index (κ1) is 15.8. The highest BCUT2D eigenvalue weighted by Gasteiger charge is 2.16. The lowest BCUT2D eigenvalue weighted by Crippen LogP contribution is -2.13. The molecule has 0 saturated heterocycles. The largest absolute Gasteiger partial charge is 0.322 e. The smallest absolute Gasteiger partial charge is 0.258 e. The van der Waals surface area contributed by atoms with Crippen molar-refractivity contribution >= 4 is 46.1 Å². The number of nitrogens with zero attached hydrogens (tertiary/aromatic N) is 3. The van der Waals surface area contributed by atoms with Gasteiger partial charge >= 0.3 is 0 Å². The Bertz CT molecular complexity index is 906. The van der Waals surface area contributed by atoms with E-state index in [-0.39, 0.29) is 5.91 Å². The van der Waals surface area contributed by atoms with Gasteiger partial charge in [0.2, 0.25) is 0 Å². The number of nitrogens with one attached hydrogen (secondary N) is 1. The molecule has 0 aliphatic heterocycles. The number of aryl methyl sites for hydroxylation is 2. The molecule has 118 valence electrons. The number of carbonyl (C=O) groups is 1. The summed E-state index contributed by atoms with van der Waals surface area (Å²) < 4.78 is 1.95. The van der Waals surface area contributed by atoms with Crippen LogP contribution in [0, 0.1) is 6.92 Å². The molecule has 1 aromatic carbocycles. The number of carbonyl (C=O) groups excluding carboxylic acids is 1. The zero-order valence-electron chi connectivity index (χ0n) is 12.9. The molecule has 0 unspecified atom stereocenters. The molecule has 0 atom stereocenters. The second-order valence-electron chi connectivity index (χ2n) is 5.10. The highest BCUT2D eigenvalue weighted by atomic mass is 35.5. The number of anilines is 1. The third-order valence-corrected chi connectivity index (χ3v) is 4.53. The highest BCUT2D eigenvalue weighted by Crippen LogP contribution is 2.27. The molecule has 2 aromatic heterocycles. The number of aromatic nitrogens is 3. The predicted molar refractivity (Wildman–Crippen MR) is 94.4 cm³/mol. The molecular formula is C16H15ClN4OS. The lowest BCUT2D eigenvalue weighted by atomic mass is 10.2. The Morgan fingerprint density at radius 3 is 2.78 bits per heavy atom. The number of halogens is 1. The molecule has 0 aliphatic rings. The fraction of sp³-hybridized carbons (Fsp3) is 0.188. The molecule has 0 saturated carbocycles. The minimum Gasteiger partial charge on any atom is -0.322 e. The summed E-state index contributed by atoms with van der Waals surface area (Å²) in [6.07, 6.45) is 1.96. The Hall–Kier alpha value is -2.05. The van der Waals surface area contributed by atoms with Crippen LogP contribution in [-0.2, 0) is 7.05 Å². The third-order valence-electron chi connectivity index (χ3n) is 3.49. The molecule has 5 nitrogen and oxygen atoms in total. The van der Waals surface area contributed by atoms with E-state index in [4.69, 9.17) is 11.6 Å². The van der Waals surface area contributed by atoms with Crippen LogP contribution in [0.3, 0.4) is 0 Å². The summed E-state index contributed by atoms with van der Waals surface area (Å²) in [5, 5.41) is 4.02. The maximum atomic E-state index is 12.5. The summed E-state index contributed by atoms with van der Waals surface area (Å²) in [7, 11) is 1.92. The zero-order valence-corrected chi connectivity index (χ0v) is 14.5. The van der Waals surface area contributed by atoms with Gasteiger partial charge in [-0.15, -0.1) is 0 Å². The van der Waals surface area contributed by atoms with Gasteiger partial charge in [0.25, 0.3) is 5.91 Å². The zero-order chi connectivity index (χ0) is 16.6. The van der Waals surface area contributed by atoms with E-state index < -0.39 is 0 Å². The molecule has 3 aromatic rings. The lowest BCUT2D eigenvalue weighted by molar-refractivity contribution is 0.102. The Labute approximate surface area is 143 Å². The summed E-state index contributed by atoms with van der Waals surface area (Å²) in [5.74, 6) is 0.198. The van der Waals surface area contributed by atoms with Crippen LogP contribution in [-0.4, -0.2) is 26.7 Å². The molecule has 0 radical (unpaired) electrons. The maximum Gasteiger partial charge on any atom is 0.258 e. The van der Waals surface area contributed by atoms with Crippen molar-refractivity contribution in [2.75, 3.05) is 11.6 Å². The Kier molecular flexibility index (Phi) is 4.28. The Balaban J connectivity index is 1.98. The second kappa shape index (κ2) is 6.22. The monoisotopic (exact) mass is 346 g/mol. The van der Waals surface area contributed by atoms with Crippen LogP contribution in [0.25, 0.3) is 11.0 Å². The number of benzene rings is 1. The maximum absolute atomic E-state index is 12.5. The fourth-order valence-electron chi connectivity index (χ4n) is 2.34. The molecule has 1 N–H and O–H groups in total. The van der Waals surface area contributed by atoms with Crippen LogP contribution in [0.1, 0.15) is 16.1 Å². The van der Waals surface area contributed by atoms with Gasteiger partial charge in [0.15, 0.2) is 5.16 Å². The van der Waals surface area contributed by atoms with Crippen LogP contribution in [0.2, 0.25) is 5.02 Å². The lowest BCUT2D eigenvalue weighted by Gasteiger charge is -2.07. The molecule has 23 heavy (non-hydrogen) atoms. The first-order valence-corrected chi connectivity index (χ1v) is 8.55.